The van der Waals surface area contributed by atoms with Crippen LogP contribution in [-0.4, -0.2) is 5.91 Å². The number of benzene rings is 1. The Hall–Kier alpha value is -0.830. The average molecular weight is 284 g/mol. The molecule has 0 fully saturated rings. The Morgan fingerprint density at radius 1 is 1.44 bits per heavy atom. The van der Waals surface area contributed by atoms with Crippen molar-refractivity contribution in [3.63, 3.8) is 0 Å². The Balaban J connectivity index is 2.85. The van der Waals surface area contributed by atoms with Gasteiger partial charge in [-0.25, -0.2) is 0 Å². The minimum absolute atomic E-state index is 0.0551. The summed E-state index contributed by atoms with van der Waals surface area (Å²) in [5.74, 6) is 0.0551. The molecule has 16 heavy (non-hydrogen) atoms. The monoisotopic (exact) mass is 283 g/mol. The lowest BCUT2D eigenvalue weighted by Crippen LogP contribution is -2.30. The molecular weight excluding hydrogens is 266 g/mol. The molecule has 0 aliphatic heterocycles. The number of halogens is 1. The smallest absolute Gasteiger partial charge is 0.230 e. The Morgan fingerprint density at radius 3 is 2.56 bits per heavy atom. The van der Waals surface area contributed by atoms with Gasteiger partial charge in [0.1, 0.15) is 0 Å². The fraction of sp³-hybridized carbons (Fsp3) is 0.462. The van der Waals surface area contributed by atoms with Gasteiger partial charge in [-0.2, -0.15) is 0 Å². The van der Waals surface area contributed by atoms with E-state index in [2.05, 4.69) is 21.2 Å². The van der Waals surface area contributed by atoms with Gasteiger partial charge >= 0.3 is 0 Å². The van der Waals surface area contributed by atoms with Gasteiger partial charge in [0, 0.05) is 9.89 Å². The molecular formula is C13H18BrNO. The van der Waals surface area contributed by atoms with E-state index in [1.807, 2.05) is 45.9 Å². The molecule has 0 saturated carbocycles. The van der Waals surface area contributed by atoms with Crippen molar-refractivity contribution in [2.75, 3.05) is 5.32 Å². The average Bonchev–Trinajstić information content (AvgIpc) is 2.22. The van der Waals surface area contributed by atoms with Crippen molar-refractivity contribution in [2.24, 2.45) is 5.41 Å². The largest absolute Gasteiger partial charge is 0.325 e. The summed E-state index contributed by atoms with van der Waals surface area (Å²) in [5.41, 5.74) is 1.67. The number of hydrogen-bond donors (Lipinski definition) is 1. The summed E-state index contributed by atoms with van der Waals surface area (Å²) in [6.45, 7) is 7.94. The van der Waals surface area contributed by atoms with Crippen molar-refractivity contribution >= 4 is 27.5 Å². The number of amides is 1. The number of carbonyl (C=O) groups is 1. The van der Waals surface area contributed by atoms with Crippen molar-refractivity contribution in [3.8, 4) is 0 Å². The first-order valence-electron chi connectivity index (χ1n) is 5.44. The summed E-state index contributed by atoms with van der Waals surface area (Å²) in [6.07, 6.45) is 0.822. The molecule has 0 atom stereocenters. The first kappa shape index (κ1) is 13.2. The Kier molecular flexibility index (Phi) is 4.14. The third-order valence-corrected chi connectivity index (χ3v) is 3.53. The maximum atomic E-state index is 12.0. The van der Waals surface area contributed by atoms with Crippen LogP contribution in [0.25, 0.3) is 0 Å². The van der Waals surface area contributed by atoms with Gasteiger partial charge in [0.05, 0.1) is 5.69 Å². The molecule has 0 aliphatic carbocycles. The van der Waals surface area contributed by atoms with Crippen molar-refractivity contribution < 1.29 is 4.79 Å². The summed E-state index contributed by atoms with van der Waals surface area (Å²) in [6, 6.07) is 5.90. The van der Waals surface area contributed by atoms with E-state index in [9.17, 15) is 4.79 Å². The van der Waals surface area contributed by atoms with Gasteiger partial charge in [0.15, 0.2) is 0 Å². The van der Waals surface area contributed by atoms with Crippen molar-refractivity contribution in [1.82, 2.24) is 0 Å². The molecule has 0 heterocycles. The van der Waals surface area contributed by atoms with E-state index >= 15 is 0 Å². The highest BCUT2D eigenvalue weighted by atomic mass is 79.9. The molecule has 1 rings (SSSR count). The van der Waals surface area contributed by atoms with Gasteiger partial charge in [-0.05, 0) is 47.0 Å². The van der Waals surface area contributed by atoms with E-state index in [0.29, 0.717) is 0 Å². The predicted octanol–water partition coefficient (Wildman–Crippen LogP) is 4.13. The topological polar surface area (TPSA) is 29.1 Å². The second-order valence-electron chi connectivity index (χ2n) is 4.67. The van der Waals surface area contributed by atoms with E-state index in [-0.39, 0.29) is 11.3 Å². The third kappa shape index (κ3) is 3.08. The van der Waals surface area contributed by atoms with Gasteiger partial charge in [0.25, 0.3) is 0 Å². The van der Waals surface area contributed by atoms with Crippen LogP contribution in [0.5, 0.6) is 0 Å². The van der Waals surface area contributed by atoms with E-state index in [4.69, 9.17) is 0 Å². The lowest BCUT2D eigenvalue weighted by atomic mass is 9.89. The summed E-state index contributed by atoms with van der Waals surface area (Å²) in [7, 11) is 0. The van der Waals surface area contributed by atoms with E-state index in [1.165, 1.54) is 5.56 Å². The molecule has 1 aromatic carbocycles. The molecule has 3 heteroatoms. The molecule has 0 aromatic heterocycles. The van der Waals surface area contributed by atoms with Crippen LogP contribution in [0, 0.1) is 12.3 Å². The number of nitrogens with one attached hydrogen (secondary N) is 1. The molecule has 0 spiro atoms. The highest BCUT2D eigenvalue weighted by Crippen LogP contribution is 2.27. The van der Waals surface area contributed by atoms with Gasteiger partial charge < -0.3 is 5.32 Å². The Bertz CT molecular complexity index is 399. The molecule has 1 amide bonds. The van der Waals surface area contributed by atoms with Crippen LogP contribution in [0.15, 0.2) is 22.7 Å². The number of rotatable bonds is 3. The van der Waals surface area contributed by atoms with Gasteiger partial charge in [-0.15, -0.1) is 0 Å². The van der Waals surface area contributed by atoms with E-state index < -0.39 is 0 Å². The molecule has 0 radical (unpaired) electrons. The molecule has 2 nitrogen and oxygen atoms in total. The lowest BCUT2D eigenvalue weighted by molar-refractivity contribution is -0.124. The predicted molar refractivity (Wildman–Crippen MR) is 71.6 cm³/mol. The van der Waals surface area contributed by atoms with Crippen LogP contribution in [-0.2, 0) is 4.79 Å². The first-order valence-corrected chi connectivity index (χ1v) is 6.23. The third-order valence-electron chi connectivity index (χ3n) is 2.87. The second-order valence-corrected chi connectivity index (χ2v) is 5.53. The lowest BCUT2D eigenvalue weighted by Gasteiger charge is -2.22. The molecule has 1 N–H and O–H groups in total. The van der Waals surface area contributed by atoms with Crippen LogP contribution in [0.3, 0.4) is 0 Å². The number of carbonyl (C=O) groups excluding carboxylic acids is 1. The van der Waals surface area contributed by atoms with Crippen molar-refractivity contribution in [1.29, 1.82) is 0 Å². The van der Waals surface area contributed by atoms with Crippen molar-refractivity contribution in [3.05, 3.63) is 28.2 Å². The minimum atomic E-state index is -0.329. The number of aryl methyl sites for hydroxylation is 1. The zero-order chi connectivity index (χ0) is 12.3. The molecule has 0 bridgehead atoms. The molecule has 1 aromatic rings. The number of anilines is 1. The molecule has 0 aliphatic rings. The van der Waals surface area contributed by atoms with Gasteiger partial charge in [-0.1, -0.05) is 26.8 Å². The summed E-state index contributed by atoms with van der Waals surface area (Å²) < 4.78 is 0.924. The Labute approximate surface area is 106 Å². The zero-order valence-electron chi connectivity index (χ0n) is 10.2. The maximum absolute atomic E-state index is 12.0. The summed E-state index contributed by atoms with van der Waals surface area (Å²) >= 11 is 3.45. The minimum Gasteiger partial charge on any atom is -0.325 e. The standard InChI is InChI=1S/C13H18BrNO/c1-5-13(3,4)12(16)15-11-7-6-9(2)8-10(11)14/h6-8H,5H2,1-4H3,(H,15,16). The highest BCUT2D eigenvalue weighted by molar-refractivity contribution is 9.10. The van der Waals surface area contributed by atoms with Crippen LogP contribution in [0.4, 0.5) is 5.69 Å². The normalized spacial score (nSPS) is 11.3. The summed E-state index contributed by atoms with van der Waals surface area (Å²) in [4.78, 5) is 12.0. The van der Waals surface area contributed by atoms with Gasteiger partial charge in [-0.3, -0.25) is 4.79 Å². The van der Waals surface area contributed by atoms with Crippen LogP contribution in [0.2, 0.25) is 0 Å². The van der Waals surface area contributed by atoms with Crippen LogP contribution < -0.4 is 5.32 Å². The zero-order valence-corrected chi connectivity index (χ0v) is 11.8. The second kappa shape index (κ2) is 5.00. The number of hydrogen-bond acceptors (Lipinski definition) is 1. The van der Waals surface area contributed by atoms with Crippen molar-refractivity contribution in [2.45, 2.75) is 34.1 Å². The molecule has 88 valence electrons. The fourth-order valence-electron chi connectivity index (χ4n) is 1.17. The fourth-order valence-corrected chi connectivity index (χ4v) is 1.77. The van der Waals surface area contributed by atoms with Gasteiger partial charge in [0.2, 0.25) is 5.91 Å². The molecule has 0 saturated heterocycles. The van der Waals surface area contributed by atoms with E-state index in [0.717, 1.165) is 16.6 Å². The quantitative estimate of drug-likeness (QED) is 0.888. The summed E-state index contributed by atoms with van der Waals surface area (Å²) in [5, 5.41) is 2.94. The SMILES string of the molecule is CCC(C)(C)C(=O)Nc1ccc(C)cc1Br. The molecule has 0 unspecified atom stereocenters. The first-order chi connectivity index (χ1) is 7.36. The maximum Gasteiger partial charge on any atom is 0.230 e. The van der Waals surface area contributed by atoms with E-state index in [1.54, 1.807) is 0 Å². The Morgan fingerprint density at radius 2 is 2.06 bits per heavy atom. The highest BCUT2D eigenvalue weighted by Gasteiger charge is 2.25. The van der Waals surface area contributed by atoms with Crippen LogP contribution >= 0.6 is 15.9 Å². The van der Waals surface area contributed by atoms with Crippen LogP contribution in [0.1, 0.15) is 32.8 Å².